The molecule has 1 heterocycles. The maximum absolute atomic E-state index is 5.83. The molecule has 18 heavy (non-hydrogen) atoms. The van der Waals surface area contributed by atoms with E-state index in [-0.39, 0.29) is 0 Å². The van der Waals surface area contributed by atoms with Crippen molar-refractivity contribution in [3.05, 3.63) is 0 Å². The second-order valence-corrected chi connectivity index (χ2v) is 6.27. The highest BCUT2D eigenvalue weighted by Crippen LogP contribution is 2.35. The van der Waals surface area contributed by atoms with Gasteiger partial charge in [-0.1, -0.05) is 26.2 Å². The van der Waals surface area contributed by atoms with Crippen molar-refractivity contribution in [1.29, 1.82) is 0 Å². The second-order valence-electron chi connectivity index (χ2n) is 6.27. The normalized spacial score (nSPS) is 32.3. The third-order valence-corrected chi connectivity index (χ3v) is 5.11. The monoisotopic (exact) mass is 254 g/mol. The van der Waals surface area contributed by atoms with E-state index >= 15 is 0 Å². The quantitative estimate of drug-likeness (QED) is 0.586. The number of hydrogen-bond donors (Lipinski definition) is 2. The van der Waals surface area contributed by atoms with Gasteiger partial charge in [-0.15, -0.1) is 0 Å². The maximum Gasteiger partial charge on any atom is 0.0468 e. The van der Waals surface area contributed by atoms with Crippen molar-refractivity contribution in [3.8, 4) is 0 Å². The largest absolute Gasteiger partial charge is 0.381 e. The summed E-state index contributed by atoms with van der Waals surface area (Å²) in [5.41, 5.74) is 3.12. The summed E-state index contributed by atoms with van der Waals surface area (Å²) >= 11 is 0. The lowest BCUT2D eigenvalue weighted by Gasteiger charge is -2.36. The van der Waals surface area contributed by atoms with Gasteiger partial charge < -0.3 is 4.74 Å². The first-order valence-corrected chi connectivity index (χ1v) is 7.87. The summed E-state index contributed by atoms with van der Waals surface area (Å²) in [4.78, 5) is 0. The van der Waals surface area contributed by atoms with E-state index in [0.29, 0.717) is 6.04 Å². The Balaban J connectivity index is 1.82. The zero-order valence-corrected chi connectivity index (χ0v) is 11.9. The number of nitrogens with one attached hydrogen (secondary N) is 1. The summed E-state index contributed by atoms with van der Waals surface area (Å²) in [6.45, 7) is 4.23. The summed E-state index contributed by atoms with van der Waals surface area (Å²) in [5.74, 6) is 8.39. The highest BCUT2D eigenvalue weighted by molar-refractivity contribution is 4.83. The summed E-state index contributed by atoms with van der Waals surface area (Å²) < 4.78 is 5.44. The Morgan fingerprint density at radius 1 is 1.17 bits per heavy atom. The molecule has 0 spiro atoms. The number of rotatable bonds is 5. The fourth-order valence-corrected chi connectivity index (χ4v) is 3.81. The van der Waals surface area contributed by atoms with Gasteiger partial charge in [0.25, 0.3) is 0 Å². The van der Waals surface area contributed by atoms with E-state index in [1.165, 1.54) is 51.4 Å². The Morgan fingerprint density at radius 2 is 1.94 bits per heavy atom. The van der Waals surface area contributed by atoms with Gasteiger partial charge >= 0.3 is 0 Å². The first kappa shape index (κ1) is 14.3. The van der Waals surface area contributed by atoms with Gasteiger partial charge in [-0.2, -0.15) is 0 Å². The highest BCUT2D eigenvalue weighted by atomic mass is 16.5. The third kappa shape index (κ3) is 3.94. The zero-order chi connectivity index (χ0) is 12.8. The molecule has 0 aromatic heterocycles. The molecule has 0 radical (unpaired) electrons. The summed E-state index contributed by atoms with van der Waals surface area (Å²) in [6, 6.07) is 0.530. The molecule has 1 saturated carbocycles. The minimum absolute atomic E-state index is 0.530. The molecule has 3 unspecified atom stereocenters. The molecule has 106 valence electrons. The van der Waals surface area contributed by atoms with Crippen LogP contribution >= 0.6 is 0 Å². The van der Waals surface area contributed by atoms with Crippen LogP contribution in [0.4, 0.5) is 0 Å². The minimum atomic E-state index is 0.530. The minimum Gasteiger partial charge on any atom is -0.381 e. The number of nitrogens with two attached hydrogens (primary N) is 1. The Hall–Kier alpha value is -0.120. The van der Waals surface area contributed by atoms with Gasteiger partial charge in [0, 0.05) is 19.3 Å². The van der Waals surface area contributed by atoms with Crippen LogP contribution in [0.1, 0.15) is 58.3 Å². The third-order valence-electron chi connectivity index (χ3n) is 5.11. The Bertz CT molecular complexity index is 229. The summed E-state index contributed by atoms with van der Waals surface area (Å²) in [7, 11) is 0. The molecule has 2 aliphatic rings. The van der Waals surface area contributed by atoms with E-state index in [2.05, 4.69) is 12.3 Å². The van der Waals surface area contributed by atoms with Gasteiger partial charge in [0.05, 0.1) is 0 Å². The molecule has 0 aromatic carbocycles. The van der Waals surface area contributed by atoms with Crippen LogP contribution in [-0.4, -0.2) is 19.3 Å². The fourth-order valence-electron chi connectivity index (χ4n) is 3.81. The number of ether oxygens (including phenoxy) is 1. The molecule has 3 N–H and O–H groups in total. The van der Waals surface area contributed by atoms with Gasteiger partial charge in [0.15, 0.2) is 0 Å². The van der Waals surface area contributed by atoms with E-state index < -0.39 is 0 Å². The van der Waals surface area contributed by atoms with Gasteiger partial charge in [0.2, 0.25) is 0 Å². The summed E-state index contributed by atoms with van der Waals surface area (Å²) in [6.07, 6.45) is 10.6. The molecule has 0 aromatic rings. The Labute approximate surface area is 112 Å². The van der Waals surface area contributed by atoms with Crippen LogP contribution in [-0.2, 0) is 4.74 Å². The van der Waals surface area contributed by atoms with Gasteiger partial charge in [-0.25, -0.2) is 0 Å². The lowest BCUT2D eigenvalue weighted by molar-refractivity contribution is 0.0552. The fraction of sp³-hybridized carbons (Fsp3) is 1.00. The lowest BCUT2D eigenvalue weighted by Crippen LogP contribution is -2.44. The molecular formula is C15H30N2O. The van der Waals surface area contributed by atoms with Crippen LogP contribution in [0.5, 0.6) is 0 Å². The highest BCUT2D eigenvalue weighted by Gasteiger charge is 2.29. The molecule has 1 saturated heterocycles. The predicted molar refractivity (Wildman–Crippen MR) is 75.0 cm³/mol. The van der Waals surface area contributed by atoms with Gasteiger partial charge in [-0.3, -0.25) is 11.3 Å². The lowest BCUT2D eigenvalue weighted by atomic mass is 9.74. The van der Waals surface area contributed by atoms with Crippen LogP contribution < -0.4 is 11.3 Å². The van der Waals surface area contributed by atoms with Crippen LogP contribution in [0.25, 0.3) is 0 Å². The first-order chi connectivity index (χ1) is 8.83. The van der Waals surface area contributed by atoms with Crippen LogP contribution in [0, 0.1) is 17.8 Å². The van der Waals surface area contributed by atoms with Crippen LogP contribution in [0.15, 0.2) is 0 Å². The van der Waals surface area contributed by atoms with Crippen molar-refractivity contribution in [3.63, 3.8) is 0 Å². The molecule has 1 aliphatic heterocycles. The predicted octanol–water partition coefficient (Wildman–Crippen LogP) is 2.85. The zero-order valence-electron chi connectivity index (χ0n) is 11.9. The van der Waals surface area contributed by atoms with E-state index in [1.54, 1.807) is 0 Å². The van der Waals surface area contributed by atoms with Crippen molar-refractivity contribution in [2.24, 2.45) is 23.6 Å². The van der Waals surface area contributed by atoms with E-state index in [0.717, 1.165) is 31.0 Å². The Morgan fingerprint density at radius 3 is 2.61 bits per heavy atom. The molecule has 0 bridgehead atoms. The first-order valence-electron chi connectivity index (χ1n) is 7.87. The van der Waals surface area contributed by atoms with E-state index in [4.69, 9.17) is 10.6 Å². The molecule has 3 nitrogen and oxygen atoms in total. The SMILES string of the molecule is CCC1CCCC(C(CC2CCOCC2)NN)C1. The average molecular weight is 254 g/mol. The van der Waals surface area contributed by atoms with Crippen LogP contribution in [0.3, 0.4) is 0 Å². The van der Waals surface area contributed by atoms with E-state index in [1.807, 2.05) is 0 Å². The molecule has 2 fully saturated rings. The molecule has 2 rings (SSSR count). The number of hydrazine groups is 1. The maximum atomic E-state index is 5.83. The van der Waals surface area contributed by atoms with Gasteiger partial charge in [-0.05, 0) is 49.9 Å². The summed E-state index contributed by atoms with van der Waals surface area (Å²) in [5, 5.41) is 0. The van der Waals surface area contributed by atoms with Crippen molar-refractivity contribution < 1.29 is 4.74 Å². The standard InChI is InChI=1S/C15H30N2O/c1-2-12-4-3-5-14(10-12)15(17-16)11-13-6-8-18-9-7-13/h12-15,17H,2-11,16H2,1H3. The number of hydrogen-bond acceptors (Lipinski definition) is 3. The average Bonchev–Trinajstić information content (AvgIpc) is 2.46. The van der Waals surface area contributed by atoms with E-state index in [9.17, 15) is 0 Å². The Kier molecular flexibility index (Phi) is 5.93. The van der Waals surface area contributed by atoms with Gasteiger partial charge in [0.1, 0.15) is 0 Å². The second kappa shape index (κ2) is 7.46. The molecule has 1 aliphatic carbocycles. The molecule has 3 heteroatoms. The topological polar surface area (TPSA) is 47.3 Å². The molecule has 0 amide bonds. The van der Waals surface area contributed by atoms with Crippen molar-refractivity contribution in [2.75, 3.05) is 13.2 Å². The van der Waals surface area contributed by atoms with Crippen molar-refractivity contribution in [2.45, 2.75) is 64.3 Å². The smallest absolute Gasteiger partial charge is 0.0468 e. The van der Waals surface area contributed by atoms with Crippen molar-refractivity contribution in [1.82, 2.24) is 5.43 Å². The molecule has 3 atom stereocenters. The van der Waals surface area contributed by atoms with Crippen molar-refractivity contribution >= 4 is 0 Å². The molecular weight excluding hydrogens is 224 g/mol. The van der Waals surface area contributed by atoms with Crippen LogP contribution in [0.2, 0.25) is 0 Å².